The van der Waals surface area contributed by atoms with Gasteiger partial charge in [-0.3, -0.25) is 0 Å². The van der Waals surface area contributed by atoms with Gasteiger partial charge in [-0.25, -0.2) is 27.8 Å². The highest BCUT2D eigenvalue weighted by atomic mass is 32.2. The molecule has 1 aromatic carbocycles. The molecule has 0 unspecified atom stereocenters. The Labute approximate surface area is 145 Å². The number of halogens is 1. The van der Waals surface area contributed by atoms with Crippen LogP contribution in [0.25, 0.3) is 11.4 Å². The lowest BCUT2D eigenvalue weighted by Gasteiger charge is -2.09. The molecule has 0 aliphatic carbocycles. The Bertz CT molecular complexity index is 975. The Morgan fingerprint density at radius 1 is 1.16 bits per heavy atom. The molecule has 0 radical (unpaired) electrons. The maximum Gasteiger partial charge on any atom is 0.227 e. The van der Waals surface area contributed by atoms with Crippen molar-refractivity contribution in [2.75, 3.05) is 5.32 Å². The van der Waals surface area contributed by atoms with Gasteiger partial charge in [-0.1, -0.05) is 12.1 Å². The second-order valence-corrected chi connectivity index (χ2v) is 6.43. The van der Waals surface area contributed by atoms with Crippen LogP contribution in [0.1, 0.15) is 11.4 Å². The van der Waals surface area contributed by atoms with E-state index in [1.54, 1.807) is 42.1 Å². The summed E-state index contributed by atoms with van der Waals surface area (Å²) in [6.45, 7) is 1.82. The van der Waals surface area contributed by atoms with Crippen LogP contribution in [-0.4, -0.2) is 27.9 Å². The van der Waals surface area contributed by atoms with Crippen LogP contribution in [0, 0.1) is 12.7 Å². The van der Waals surface area contributed by atoms with Crippen molar-refractivity contribution in [1.82, 2.24) is 19.5 Å². The lowest BCUT2D eigenvalue weighted by Crippen LogP contribution is -2.03. The standard InChI is InChI=1S/C16H16FN5O2S/c1-10-18-8-14(22(10)2)15-13(17)7-19-16(21-15)20-12-5-3-11(4-6-12)9-25(23)24/h3-8,25H,9H2,1-2H3,(H,19,20,21). The van der Waals surface area contributed by atoms with Crippen LogP contribution in [0.15, 0.2) is 36.7 Å². The fraction of sp³-hybridized carbons (Fsp3) is 0.188. The third-order valence-corrected chi connectivity index (χ3v) is 4.35. The molecule has 0 saturated carbocycles. The molecule has 0 bridgehead atoms. The fourth-order valence-electron chi connectivity index (χ4n) is 2.30. The van der Waals surface area contributed by atoms with E-state index in [1.165, 1.54) is 0 Å². The maximum atomic E-state index is 14.1. The molecule has 0 spiro atoms. The predicted molar refractivity (Wildman–Crippen MR) is 92.7 cm³/mol. The second-order valence-electron chi connectivity index (χ2n) is 5.45. The van der Waals surface area contributed by atoms with Crippen LogP contribution in [0.3, 0.4) is 0 Å². The van der Waals surface area contributed by atoms with Crippen molar-refractivity contribution < 1.29 is 12.8 Å². The molecule has 0 amide bonds. The highest BCUT2D eigenvalue weighted by Gasteiger charge is 2.14. The number of nitrogens with one attached hydrogen (secondary N) is 1. The van der Waals surface area contributed by atoms with Crippen LogP contribution in [0.5, 0.6) is 0 Å². The number of benzene rings is 1. The first kappa shape index (κ1) is 17.0. The average Bonchev–Trinajstić information content (AvgIpc) is 2.90. The van der Waals surface area contributed by atoms with Gasteiger partial charge in [-0.05, 0) is 24.6 Å². The van der Waals surface area contributed by atoms with Crippen molar-refractivity contribution in [3.05, 3.63) is 53.9 Å². The fourth-order valence-corrected chi connectivity index (χ4v) is 2.81. The first-order chi connectivity index (χ1) is 11.9. The molecule has 0 saturated heterocycles. The van der Waals surface area contributed by atoms with Crippen LogP contribution in [0.2, 0.25) is 0 Å². The smallest absolute Gasteiger partial charge is 0.227 e. The second kappa shape index (κ2) is 6.98. The van der Waals surface area contributed by atoms with E-state index < -0.39 is 16.5 Å². The van der Waals surface area contributed by atoms with E-state index in [4.69, 9.17) is 0 Å². The van der Waals surface area contributed by atoms with Crippen molar-refractivity contribution in [3.63, 3.8) is 0 Å². The topological polar surface area (TPSA) is 89.8 Å². The van der Waals surface area contributed by atoms with E-state index in [2.05, 4.69) is 20.3 Å². The van der Waals surface area contributed by atoms with Gasteiger partial charge >= 0.3 is 0 Å². The van der Waals surface area contributed by atoms with Gasteiger partial charge in [0.2, 0.25) is 5.95 Å². The molecule has 130 valence electrons. The molecule has 0 aliphatic rings. The van der Waals surface area contributed by atoms with Crippen LogP contribution in [0.4, 0.5) is 16.0 Å². The number of hydrogen-bond acceptors (Lipinski definition) is 6. The third-order valence-electron chi connectivity index (χ3n) is 3.73. The Morgan fingerprint density at radius 2 is 1.88 bits per heavy atom. The third kappa shape index (κ3) is 3.82. The summed E-state index contributed by atoms with van der Waals surface area (Å²) in [4.78, 5) is 12.3. The van der Waals surface area contributed by atoms with Gasteiger partial charge in [0.15, 0.2) is 5.82 Å². The summed E-state index contributed by atoms with van der Waals surface area (Å²) < 4.78 is 37.3. The Morgan fingerprint density at radius 3 is 2.48 bits per heavy atom. The lowest BCUT2D eigenvalue weighted by molar-refractivity contribution is 0.614. The summed E-state index contributed by atoms with van der Waals surface area (Å²) in [6.07, 6.45) is 2.66. The van der Waals surface area contributed by atoms with Crippen molar-refractivity contribution in [2.45, 2.75) is 12.7 Å². The van der Waals surface area contributed by atoms with Gasteiger partial charge in [-0.2, -0.15) is 0 Å². The number of anilines is 2. The van der Waals surface area contributed by atoms with E-state index >= 15 is 0 Å². The number of hydrogen-bond donors (Lipinski definition) is 2. The first-order valence-electron chi connectivity index (χ1n) is 7.43. The minimum Gasteiger partial charge on any atom is -0.330 e. The van der Waals surface area contributed by atoms with Gasteiger partial charge in [-0.15, -0.1) is 0 Å². The van der Waals surface area contributed by atoms with Crippen LogP contribution >= 0.6 is 0 Å². The Balaban J connectivity index is 1.86. The summed E-state index contributed by atoms with van der Waals surface area (Å²) in [6, 6.07) is 6.83. The highest BCUT2D eigenvalue weighted by molar-refractivity contribution is 7.71. The first-order valence-corrected chi connectivity index (χ1v) is 8.79. The molecule has 2 heterocycles. The molecule has 7 nitrogen and oxygen atoms in total. The van der Waals surface area contributed by atoms with Gasteiger partial charge in [0, 0.05) is 12.7 Å². The molecule has 25 heavy (non-hydrogen) atoms. The van der Waals surface area contributed by atoms with Gasteiger partial charge in [0.05, 0.1) is 23.8 Å². The van der Waals surface area contributed by atoms with Crippen LogP contribution in [-0.2, 0) is 23.5 Å². The molecule has 0 aliphatic heterocycles. The Hall–Kier alpha value is -2.81. The molecule has 0 atom stereocenters. The number of aryl methyl sites for hydroxylation is 1. The Kier molecular flexibility index (Phi) is 4.75. The molecule has 2 aromatic heterocycles. The van der Waals surface area contributed by atoms with Crippen molar-refractivity contribution in [2.24, 2.45) is 7.05 Å². The van der Waals surface area contributed by atoms with Gasteiger partial charge in [0.1, 0.15) is 22.2 Å². The molecule has 1 N–H and O–H groups in total. The summed E-state index contributed by atoms with van der Waals surface area (Å²) in [5.41, 5.74) is 2.06. The molecule has 3 aromatic rings. The zero-order valence-corrected chi connectivity index (χ0v) is 14.5. The zero-order chi connectivity index (χ0) is 18.0. The van der Waals surface area contributed by atoms with Crippen molar-refractivity contribution in [3.8, 4) is 11.4 Å². The minimum atomic E-state index is -2.46. The highest BCUT2D eigenvalue weighted by Crippen LogP contribution is 2.23. The summed E-state index contributed by atoms with van der Waals surface area (Å²) in [7, 11) is -0.681. The SMILES string of the molecule is Cc1ncc(-c2nc(Nc3ccc(C[SH](=O)=O)cc3)ncc2F)n1C. The normalized spacial score (nSPS) is 11.0. The number of aromatic nitrogens is 4. The molecule has 0 fully saturated rings. The lowest BCUT2D eigenvalue weighted by atomic mass is 10.2. The predicted octanol–water partition coefficient (Wildman–Crippen LogP) is 2.18. The number of imidazole rings is 1. The summed E-state index contributed by atoms with van der Waals surface area (Å²) in [5.74, 6) is 0.433. The monoisotopic (exact) mass is 361 g/mol. The average molecular weight is 361 g/mol. The molecule has 9 heteroatoms. The van der Waals surface area contributed by atoms with Gasteiger partial charge < -0.3 is 9.88 Å². The van der Waals surface area contributed by atoms with Crippen LogP contribution < -0.4 is 5.32 Å². The molecule has 3 rings (SSSR count). The number of thiol groups is 1. The largest absolute Gasteiger partial charge is 0.330 e. The van der Waals surface area contributed by atoms with E-state index in [1.807, 2.05) is 6.92 Å². The minimum absolute atomic E-state index is 0.00729. The quantitative estimate of drug-likeness (QED) is 0.677. The summed E-state index contributed by atoms with van der Waals surface area (Å²) >= 11 is 0. The number of nitrogens with zero attached hydrogens (tertiary/aromatic N) is 4. The van der Waals surface area contributed by atoms with Crippen molar-refractivity contribution in [1.29, 1.82) is 0 Å². The van der Waals surface area contributed by atoms with E-state index in [9.17, 15) is 12.8 Å². The van der Waals surface area contributed by atoms with E-state index in [-0.39, 0.29) is 17.4 Å². The number of rotatable bonds is 5. The van der Waals surface area contributed by atoms with Gasteiger partial charge in [0.25, 0.3) is 0 Å². The zero-order valence-electron chi connectivity index (χ0n) is 13.6. The maximum absolute atomic E-state index is 14.1. The van der Waals surface area contributed by atoms with E-state index in [0.29, 0.717) is 16.9 Å². The molecular weight excluding hydrogens is 345 g/mol. The van der Waals surface area contributed by atoms with E-state index in [0.717, 1.165) is 12.0 Å². The van der Waals surface area contributed by atoms with Crippen molar-refractivity contribution >= 4 is 22.3 Å². The summed E-state index contributed by atoms with van der Waals surface area (Å²) in [5, 5.41) is 2.98. The molecular formula is C16H16FN5O2S.